The second-order valence-corrected chi connectivity index (χ2v) is 1.72. The van der Waals surface area contributed by atoms with E-state index in [1.807, 2.05) is 0 Å². The molecule has 0 unspecified atom stereocenters. The van der Waals surface area contributed by atoms with Crippen molar-refractivity contribution in [2.24, 2.45) is 20.0 Å². The number of fused-ring (bicyclic) bond motifs is 1. The van der Waals surface area contributed by atoms with Gasteiger partial charge < -0.3 is 0 Å². The van der Waals surface area contributed by atoms with E-state index < -0.39 is 0 Å². The first-order chi connectivity index (χ1) is 4.88. The molecule has 0 aromatic carbocycles. The van der Waals surface area contributed by atoms with Crippen LogP contribution in [0.25, 0.3) is 0 Å². The van der Waals surface area contributed by atoms with Crippen LogP contribution in [0.3, 0.4) is 0 Å². The average molecular weight is 134 g/mol. The molecule has 1 amide bonds. The zero-order valence-corrected chi connectivity index (χ0v) is 4.85. The molecule has 0 aromatic rings. The fraction of sp³-hybridized carbons (Fsp3) is 0. The quantitative estimate of drug-likeness (QED) is 0.437. The standard InChI is InChI=1S/C5H2N4O/c10-5-3-4(7-1-6-3)8-2-9-5/h1-2H. The van der Waals surface area contributed by atoms with Gasteiger partial charge in [0.2, 0.25) is 0 Å². The second kappa shape index (κ2) is 1.66. The first kappa shape index (κ1) is 5.16. The lowest BCUT2D eigenvalue weighted by Crippen LogP contribution is -2.21. The topological polar surface area (TPSA) is 66.5 Å². The van der Waals surface area contributed by atoms with E-state index in [9.17, 15) is 4.79 Å². The molecule has 0 atom stereocenters. The van der Waals surface area contributed by atoms with Crippen LogP contribution >= 0.6 is 0 Å². The van der Waals surface area contributed by atoms with Crippen LogP contribution in [0, 0.1) is 0 Å². The zero-order valence-electron chi connectivity index (χ0n) is 4.85. The van der Waals surface area contributed by atoms with Gasteiger partial charge in [-0.25, -0.2) is 15.0 Å². The number of aliphatic imine (C=N–C) groups is 4. The Kier molecular flexibility index (Phi) is 0.858. The number of nitrogens with zero attached hydrogens (tertiary/aromatic N) is 4. The van der Waals surface area contributed by atoms with E-state index in [4.69, 9.17) is 0 Å². The highest BCUT2D eigenvalue weighted by Gasteiger charge is 2.21. The van der Waals surface area contributed by atoms with Crippen molar-refractivity contribution in [3.63, 3.8) is 0 Å². The van der Waals surface area contributed by atoms with Crippen LogP contribution in [-0.4, -0.2) is 30.1 Å². The number of carbonyl (C=O) groups excluding carboxylic acids is 1. The third-order valence-electron chi connectivity index (χ3n) is 1.14. The molecule has 2 aliphatic heterocycles. The molecule has 0 saturated heterocycles. The Morgan fingerprint density at radius 1 is 1.10 bits per heavy atom. The zero-order chi connectivity index (χ0) is 6.97. The SMILES string of the molecule is O=C1N=CN=C2N=CN=C12. The maximum Gasteiger partial charge on any atom is 0.301 e. The highest BCUT2D eigenvalue weighted by molar-refractivity contribution is 6.70. The molecule has 0 bridgehead atoms. The van der Waals surface area contributed by atoms with Gasteiger partial charge >= 0.3 is 5.91 Å². The number of rotatable bonds is 0. The molecule has 0 aromatic heterocycles. The fourth-order valence-corrected chi connectivity index (χ4v) is 0.703. The van der Waals surface area contributed by atoms with Gasteiger partial charge in [-0.3, -0.25) is 4.79 Å². The maximum atomic E-state index is 10.8. The molecule has 0 fully saturated rings. The van der Waals surface area contributed by atoms with Crippen molar-refractivity contribution in [2.75, 3.05) is 0 Å². The molecule has 0 saturated carbocycles. The Labute approximate surface area is 55.9 Å². The molecule has 10 heavy (non-hydrogen) atoms. The molecule has 2 rings (SSSR count). The normalized spacial score (nSPS) is 20.6. The van der Waals surface area contributed by atoms with Crippen LogP contribution in [-0.2, 0) is 4.79 Å². The molecule has 5 nitrogen and oxygen atoms in total. The Bertz CT molecular complexity index is 304. The van der Waals surface area contributed by atoms with Gasteiger partial charge in [0.15, 0.2) is 11.5 Å². The van der Waals surface area contributed by atoms with E-state index in [0.717, 1.165) is 0 Å². The van der Waals surface area contributed by atoms with E-state index in [2.05, 4.69) is 20.0 Å². The second-order valence-electron chi connectivity index (χ2n) is 1.72. The van der Waals surface area contributed by atoms with Crippen LogP contribution in [0.4, 0.5) is 0 Å². The largest absolute Gasteiger partial charge is 0.301 e. The van der Waals surface area contributed by atoms with Crippen molar-refractivity contribution in [3.8, 4) is 0 Å². The summed E-state index contributed by atoms with van der Waals surface area (Å²) >= 11 is 0. The first-order valence-electron chi connectivity index (χ1n) is 2.63. The van der Waals surface area contributed by atoms with Crippen molar-refractivity contribution < 1.29 is 4.79 Å². The summed E-state index contributed by atoms with van der Waals surface area (Å²) in [6.07, 6.45) is 2.47. The summed E-state index contributed by atoms with van der Waals surface area (Å²) in [5, 5.41) is 0. The van der Waals surface area contributed by atoms with Gasteiger partial charge in [-0.2, -0.15) is 4.99 Å². The molecule has 48 valence electrons. The van der Waals surface area contributed by atoms with E-state index in [0.29, 0.717) is 5.84 Å². The van der Waals surface area contributed by atoms with Gasteiger partial charge in [0.05, 0.1) is 0 Å². The van der Waals surface area contributed by atoms with Crippen molar-refractivity contribution >= 4 is 30.1 Å². The van der Waals surface area contributed by atoms with Crippen LogP contribution in [0.5, 0.6) is 0 Å². The predicted octanol–water partition coefficient (Wildman–Crippen LogP) is -0.564. The van der Waals surface area contributed by atoms with Crippen LogP contribution in [0.15, 0.2) is 20.0 Å². The Balaban J connectivity index is 2.54. The number of hydrogen-bond acceptors (Lipinski definition) is 4. The number of hydrogen-bond donors (Lipinski definition) is 0. The molecule has 2 heterocycles. The summed E-state index contributed by atoms with van der Waals surface area (Å²) in [6, 6.07) is 0. The van der Waals surface area contributed by atoms with Crippen molar-refractivity contribution in [3.05, 3.63) is 0 Å². The summed E-state index contributed by atoms with van der Waals surface area (Å²) in [5.41, 5.74) is 0.238. The van der Waals surface area contributed by atoms with Gasteiger partial charge in [-0.1, -0.05) is 0 Å². The minimum Gasteiger partial charge on any atom is -0.265 e. The van der Waals surface area contributed by atoms with Crippen LogP contribution in [0.2, 0.25) is 0 Å². The highest BCUT2D eigenvalue weighted by atomic mass is 16.1. The van der Waals surface area contributed by atoms with E-state index in [-0.39, 0.29) is 11.6 Å². The summed E-state index contributed by atoms with van der Waals surface area (Å²) in [5.74, 6) is -0.0116. The lowest BCUT2D eigenvalue weighted by Gasteiger charge is -1.96. The molecule has 2 aliphatic rings. The van der Waals surface area contributed by atoms with E-state index in [1.165, 1.54) is 12.7 Å². The van der Waals surface area contributed by atoms with E-state index >= 15 is 0 Å². The summed E-state index contributed by atoms with van der Waals surface area (Å²) in [6.45, 7) is 0. The minimum absolute atomic E-state index is 0.238. The highest BCUT2D eigenvalue weighted by Crippen LogP contribution is 1.99. The average Bonchev–Trinajstić information content (AvgIpc) is 2.36. The number of amides is 1. The third kappa shape index (κ3) is 0.540. The van der Waals surface area contributed by atoms with E-state index in [1.54, 1.807) is 0 Å². The molecule has 0 spiro atoms. The summed E-state index contributed by atoms with van der Waals surface area (Å²) < 4.78 is 0. The molecular formula is C5H2N4O. The molecule has 0 N–H and O–H groups in total. The number of amidine groups is 1. The fourth-order valence-electron chi connectivity index (χ4n) is 0.703. The minimum atomic E-state index is -0.373. The number of carbonyl (C=O) groups is 1. The van der Waals surface area contributed by atoms with Gasteiger partial charge in [-0.15, -0.1) is 0 Å². The van der Waals surface area contributed by atoms with Gasteiger partial charge in [0.1, 0.15) is 12.7 Å². The maximum absolute atomic E-state index is 10.8. The predicted molar refractivity (Wildman–Crippen MR) is 36.9 cm³/mol. The molecular weight excluding hydrogens is 132 g/mol. The molecule has 0 radical (unpaired) electrons. The third-order valence-corrected chi connectivity index (χ3v) is 1.14. The van der Waals surface area contributed by atoms with Gasteiger partial charge in [0, 0.05) is 0 Å². The van der Waals surface area contributed by atoms with Crippen molar-refractivity contribution in [1.29, 1.82) is 0 Å². The monoisotopic (exact) mass is 134 g/mol. The lowest BCUT2D eigenvalue weighted by atomic mass is 10.3. The summed E-state index contributed by atoms with van der Waals surface area (Å²) in [4.78, 5) is 25.3. The Hall–Kier alpha value is -1.65. The molecule has 5 heteroatoms. The first-order valence-corrected chi connectivity index (χ1v) is 2.63. The van der Waals surface area contributed by atoms with Gasteiger partial charge in [0.25, 0.3) is 0 Å². The van der Waals surface area contributed by atoms with Crippen molar-refractivity contribution in [2.45, 2.75) is 0 Å². The lowest BCUT2D eigenvalue weighted by molar-refractivity contribution is -0.111. The van der Waals surface area contributed by atoms with Crippen LogP contribution < -0.4 is 0 Å². The van der Waals surface area contributed by atoms with Gasteiger partial charge in [-0.05, 0) is 0 Å². The van der Waals surface area contributed by atoms with Crippen LogP contribution in [0.1, 0.15) is 0 Å². The Morgan fingerprint density at radius 3 is 2.70 bits per heavy atom. The van der Waals surface area contributed by atoms with Crippen molar-refractivity contribution in [1.82, 2.24) is 0 Å². The molecule has 0 aliphatic carbocycles. The Morgan fingerprint density at radius 2 is 1.90 bits per heavy atom. The summed E-state index contributed by atoms with van der Waals surface area (Å²) in [7, 11) is 0. The smallest absolute Gasteiger partial charge is 0.265 e.